The first-order chi connectivity index (χ1) is 18.9. The minimum absolute atomic E-state index is 0.0842. The quantitative estimate of drug-likeness (QED) is 0.307. The third kappa shape index (κ3) is 5.99. The number of carbonyl (C=O) groups is 1. The number of nitrogens with one attached hydrogen (secondary N) is 1. The molecule has 10 heteroatoms. The first-order valence-corrected chi connectivity index (χ1v) is 13.5. The number of pyridine rings is 2. The molecule has 0 radical (unpaired) electrons. The highest BCUT2D eigenvalue weighted by molar-refractivity contribution is 6.30. The van der Waals surface area contributed by atoms with Crippen LogP contribution < -0.4 is 15.7 Å². The smallest absolute Gasteiger partial charge is 0.333 e. The zero-order valence-corrected chi connectivity index (χ0v) is 22.9. The summed E-state index contributed by atoms with van der Waals surface area (Å²) in [5, 5.41) is 3.59. The first kappa shape index (κ1) is 26.9. The molecule has 1 fully saturated rings. The molecule has 1 saturated carbocycles. The standard InChI is InChI=1S/C29H32ClN5O4/c1-19-24(15-21(30)16-31-19)28(36)33-22-9-7-20(8-10-22)18-34-25-5-3-4-6-26(25)35(29(34)37)23-11-12-27(32-17-23)39-14-13-38-2/h3-6,11-12,15-17,20,22H,7-10,13-14,18H2,1-2H3,(H,33,36)/t20-,22-. The predicted octanol–water partition coefficient (Wildman–Crippen LogP) is 4.56. The lowest BCUT2D eigenvalue weighted by Crippen LogP contribution is -2.39. The van der Waals surface area contributed by atoms with Gasteiger partial charge in [-0.05, 0) is 62.8 Å². The van der Waals surface area contributed by atoms with Crippen LogP contribution in [-0.4, -0.2) is 51.4 Å². The van der Waals surface area contributed by atoms with Crippen molar-refractivity contribution in [2.45, 2.75) is 45.2 Å². The van der Waals surface area contributed by atoms with E-state index in [2.05, 4.69) is 15.3 Å². The van der Waals surface area contributed by atoms with Gasteiger partial charge in [0, 0.05) is 32.0 Å². The summed E-state index contributed by atoms with van der Waals surface area (Å²) in [5.41, 5.74) is 3.49. The van der Waals surface area contributed by atoms with Crippen molar-refractivity contribution >= 4 is 28.5 Å². The fraction of sp³-hybridized carbons (Fsp3) is 0.379. The summed E-state index contributed by atoms with van der Waals surface area (Å²) in [4.78, 5) is 35.0. The topological polar surface area (TPSA) is 100 Å². The summed E-state index contributed by atoms with van der Waals surface area (Å²) < 4.78 is 14.1. The molecule has 0 aliphatic heterocycles. The number of aryl methyl sites for hydroxylation is 1. The van der Waals surface area contributed by atoms with E-state index in [4.69, 9.17) is 21.1 Å². The van der Waals surface area contributed by atoms with Gasteiger partial charge in [-0.1, -0.05) is 23.7 Å². The van der Waals surface area contributed by atoms with Gasteiger partial charge in [0.15, 0.2) is 0 Å². The van der Waals surface area contributed by atoms with Crippen molar-refractivity contribution in [3.63, 3.8) is 0 Å². The molecule has 1 aliphatic rings. The lowest BCUT2D eigenvalue weighted by atomic mass is 9.85. The molecule has 1 aliphatic carbocycles. The van der Waals surface area contributed by atoms with Crippen molar-refractivity contribution in [2.24, 2.45) is 5.92 Å². The highest BCUT2D eigenvalue weighted by Crippen LogP contribution is 2.28. The number of benzene rings is 1. The van der Waals surface area contributed by atoms with E-state index in [9.17, 15) is 9.59 Å². The maximum Gasteiger partial charge on any atom is 0.333 e. The van der Waals surface area contributed by atoms with Crippen LogP contribution in [-0.2, 0) is 11.3 Å². The Morgan fingerprint density at radius 3 is 2.54 bits per heavy atom. The van der Waals surface area contributed by atoms with E-state index >= 15 is 0 Å². The summed E-state index contributed by atoms with van der Waals surface area (Å²) in [5.74, 6) is 0.673. The van der Waals surface area contributed by atoms with E-state index in [0.717, 1.165) is 36.7 Å². The zero-order chi connectivity index (χ0) is 27.4. The monoisotopic (exact) mass is 549 g/mol. The third-order valence-electron chi connectivity index (χ3n) is 7.27. The van der Waals surface area contributed by atoms with Crippen molar-refractivity contribution in [3.8, 4) is 11.6 Å². The average molecular weight is 550 g/mol. The number of aromatic nitrogens is 4. The van der Waals surface area contributed by atoms with Crippen LogP contribution in [0.25, 0.3) is 16.7 Å². The molecule has 1 aromatic carbocycles. The molecule has 9 nitrogen and oxygen atoms in total. The molecule has 1 N–H and O–H groups in total. The third-order valence-corrected chi connectivity index (χ3v) is 7.48. The lowest BCUT2D eigenvalue weighted by molar-refractivity contribution is 0.0919. The van der Waals surface area contributed by atoms with Gasteiger partial charge in [0.25, 0.3) is 5.91 Å². The Kier molecular flexibility index (Phi) is 8.28. The van der Waals surface area contributed by atoms with Gasteiger partial charge >= 0.3 is 5.69 Å². The van der Waals surface area contributed by atoms with Crippen molar-refractivity contribution in [1.82, 2.24) is 24.4 Å². The van der Waals surface area contributed by atoms with Gasteiger partial charge in [0.2, 0.25) is 5.88 Å². The van der Waals surface area contributed by atoms with Crippen molar-refractivity contribution in [3.05, 3.63) is 81.6 Å². The summed E-state index contributed by atoms with van der Waals surface area (Å²) in [6, 6.07) is 13.2. The minimum Gasteiger partial charge on any atom is -0.475 e. The Morgan fingerprint density at radius 2 is 1.82 bits per heavy atom. The van der Waals surface area contributed by atoms with Crippen LogP contribution in [0.1, 0.15) is 41.7 Å². The second-order valence-electron chi connectivity index (χ2n) is 9.89. The molecule has 0 bridgehead atoms. The van der Waals surface area contributed by atoms with Crippen LogP contribution in [0.4, 0.5) is 0 Å². The number of halogens is 1. The Morgan fingerprint density at radius 1 is 1.05 bits per heavy atom. The zero-order valence-electron chi connectivity index (χ0n) is 22.1. The highest BCUT2D eigenvalue weighted by atomic mass is 35.5. The molecular formula is C29H32ClN5O4. The summed E-state index contributed by atoms with van der Waals surface area (Å²) in [6.07, 6.45) is 6.74. The minimum atomic E-state index is -0.144. The van der Waals surface area contributed by atoms with E-state index in [1.165, 1.54) is 0 Å². The fourth-order valence-electron chi connectivity index (χ4n) is 5.20. The number of rotatable bonds is 9. The molecular weight excluding hydrogens is 518 g/mol. The summed E-state index contributed by atoms with van der Waals surface area (Å²) in [6.45, 7) is 3.31. The number of ether oxygens (including phenoxy) is 2. The Bertz CT molecular complexity index is 1510. The summed E-state index contributed by atoms with van der Waals surface area (Å²) >= 11 is 6.04. The molecule has 1 amide bonds. The van der Waals surface area contributed by atoms with E-state index < -0.39 is 0 Å². The molecule has 3 aromatic heterocycles. The molecule has 39 heavy (non-hydrogen) atoms. The Hall–Kier alpha value is -3.69. The molecule has 3 heterocycles. The highest BCUT2D eigenvalue weighted by Gasteiger charge is 2.25. The molecule has 5 rings (SSSR count). The number of para-hydroxylation sites is 2. The largest absolute Gasteiger partial charge is 0.475 e. The Balaban J connectivity index is 1.28. The first-order valence-electron chi connectivity index (χ1n) is 13.2. The molecule has 4 aromatic rings. The number of amides is 1. The van der Waals surface area contributed by atoms with Gasteiger partial charge in [-0.25, -0.2) is 9.78 Å². The van der Waals surface area contributed by atoms with Gasteiger partial charge < -0.3 is 14.8 Å². The van der Waals surface area contributed by atoms with Gasteiger partial charge in [-0.3, -0.25) is 18.9 Å². The number of nitrogens with zero attached hydrogens (tertiary/aromatic N) is 4. The van der Waals surface area contributed by atoms with E-state index in [1.807, 2.05) is 34.9 Å². The summed E-state index contributed by atoms with van der Waals surface area (Å²) in [7, 11) is 1.62. The number of imidazole rings is 1. The van der Waals surface area contributed by atoms with Crippen LogP contribution in [0.3, 0.4) is 0 Å². The van der Waals surface area contributed by atoms with Gasteiger partial charge in [0.05, 0.1) is 45.8 Å². The fourth-order valence-corrected chi connectivity index (χ4v) is 5.36. The van der Waals surface area contributed by atoms with Crippen LogP contribution in [0.5, 0.6) is 5.88 Å². The normalized spacial score (nSPS) is 17.3. The van der Waals surface area contributed by atoms with Gasteiger partial charge in [-0.15, -0.1) is 0 Å². The number of methoxy groups -OCH3 is 1. The van der Waals surface area contributed by atoms with Crippen LogP contribution in [0.15, 0.2) is 59.7 Å². The molecule has 0 unspecified atom stereocenters. The van der Waals surface area contributed by atoms with E-state index in [0.29, 0.717) is 53.5 Å². The van der Waals surface area contributed by atoms with E-state index in [1.54, 1.807) is 43.1 Å². The van der Waals surface area contributed by atoms with Crippen molar-refractivity contribution < 1.29 is 14.3 Å². The maximum absolute atomic E-state index is 13.7. The van der Waals surface area contributed by atoms with Crippen LogP contribution in [0, 0.1) is 12.8 Å². The second-order valence-corrected chi connectivity index (χ2v) is 10.3. The molecule has 0 atom stereocenters. The molecule has 0 saturated heterocycles. The van der Waals surface area contributed by atoms with Crippen molar-refractivity contribution in [1.29, 1.82) is 0 Å². The van der Waals surface area contributed by atoms with E-state index in [-0.39, 0.29) is 17.6 Å². The average Bonchev–Trinajstić information content (AvgIpc) is 3.22. The van der Waals surface area contributed by atoms with Crippen molar-refractivity contribution in [2.75, 3.05) is 20.3 Å². The van der Waals surface area contributed by atoms with Crippen LogP contribution in [0.2, 0.25) is 5.02 Å². The molecule has 204 valence electrons. The number of fused-ring (bicyclic) bond motifs is 1. The maximum atomic E-state index is 13.7. The number of carbonyl (C=O) groups excluding carboxylic acids is 1. The Labute approximate surface area is 231 Å². The SMILES string of the molecule is COCCOc1ccc(-n2c(=O)n(C[C@H]3CC[C@H](NC(=O)c4cc(Cl)cnc4C)CC3)c3ccccc32)cn1. The number of hydrogen-bond acceptors (Lipinski definition) is 6. The second kappa shape index (κ2) is 12.0. The molecule has 0 spiro atoms. The van der Waals surface area contributed by atoms with Gasteiger partial charge in [-0.2, -0.15) is 0 Å². The lowest BCUT2D eigenvalue weighted by Gasteiger charge is -2.29. The van der Waals surface area contributed by atoms with Gasteiger partial charge in [0.1, 0.15) is 6.61 Å². The number of hydrogen-bond donors (Lipinski definition) is 1. The predicted molar refractivity (Wildman–Crippen MR) is 150 cm³/mol. The van der Waals surface area contributed by atoms with Crippen LogP contribution >= 0.6 is 11.6 Å².